The molecular formula is C55H48FN3O. The molecule has 0 unspecified atom stereocenters. The van der Waals surface area contributed by atoms with Crippen LogP contribution in [0.15, 0.2) is 164 Å². The number of fused-ring (bicyclic) bond motifs is 3. The van der Waals surface area contributed by atoms with Crippen LogP contribution in [0.3, 0.4) is 0 Å². The van der Waals surface area contributed by atoms with Crippen LogP contribution in [0.4, 0.5) is 4.39 Å². The van der Waals surface area contributed by atoms with Gasteiger partial charge in [0.2, 0.25) is 0 Å². The summed E-state index contributed by atoms with van der Waals surface area (Å²) in [5.41, 5.74) is 15.2. The van der Waals surface area contributed by atoms with Crippen LogP contribution in [-0.4, -0.2) is 21.6 Å². The van der Waals surface area contributed by atoms with Crippen LogP contribution in [0, 0.1) is 5.82 Å². The minimum Gasteiger partial charge on any atom is -0.496 e. The second-order valence-electron chi connectivity index (χ2n) is 17.7. The number of methoxy groups -OCH3 is 1. The molecule has 0 amide bonds. The van der Waals surface area contributed by atoms with Crippen molar-refractivity contribution in [2.75, 3.05) is 7.11 Å². The number of benzene rings is 6. The molecule has 5 heteroatoms. The van der Waals surface area contributed by atoms with Crippen molar-refractivity contribution in [2.24, 2.45) is 0 Å². The molecule has 9 aromatic rings. The summed E-state index contributed by atoms with van der Waals surface area (Å²) in [6.07, 6.45) is 1.90. The van der Waals surface area contributed by atoms with Gasteiger partial charge >= 0.3 is 0 Å². The van der Waals surface area contributed by atoms with E-state index in [-0.39, 0.29) is 16.6 Å². The number of hydrogen-bond donors (Lipinski definition) is 0. The number of pyridine rings is 2. The summed E-state index contributed by atoms with van der Waals surface area (Å²) in [7, 11) is 1.57. The first-order chi connectivity index (χ1) is 28.9. The highest BCUT2D eigenvalue weighted by Crippen LogP contribution is 2.41. The largest absolute Gasteiger partial charge is 0.496 e. The molecule has 0 fully saturated rings. The van der Waals surface area contributed by atoms with Crippen molar-refractivity contribution in [1.29, 1.82) is 0 Å². The third kappa shape index (κ3) is 7.26. The second kappa shape index (κ2) is 15.1. The summed E-state index contributed by atoms with van der Waals surface area (Å²) in [5, 5.41) is 2.42. The molecule has 0 spiro atoms. The van der Waals surface area contributed by atoms with E-state index in [0.29, 0.717) is 11.4 Å². The average molecular weight is 786 g/mol. The van der Waals surface area contributed by atoms with Crippen molar-refractivity contribution in [3.63, 3.8) is 0 Å². The van der Waals surface area contributed by atoms with Crippen LogP contribution in [-0.2, 0) is 10.8 Å². The van der Waals surface area contributed by atoms with Gasteiger partial charge in [0.25, 0.3) is 0 Å². The maximum atomic E-state index is 14.5. The first kappa shape index (κ1) is 38.7. The zero-order valence-corrected chi connectivity index (χ0v) is 35.2. The van der Waals surface area contributed by atoms with E-state index < -0.39 is 0 Å². The summed E-state index contributed by atoms with van der Waals surface area (Å²) in [4.78, 5) is 10.2. The Kier molecular flexibility index (Phi) is 9.71. The summed E-state index contributed by atoms with van der Waals surface area (Å²) in [6.45, 7) is 13.5. The fourth-order valence-electron chi connectivity index (χ4n) is 8.21. The van der Waals surface area contributed by atoms with E-state index in [9.17, 15) is 4.39 Å². The van der Waals surface area contributed by atoms with Crippen LogP contribution >= 0.6 is 0 Å². The van der Waals surface area contributed by atoms with E-state index in [2.05, 4.69) is 186 Å². The summed E-state index contributed by atoms with van der Waals surface area (Å²) in [5.74, 6) is 0.0698. The summed E-state index contributed by atoms with van der Waals surface area (Å²) >= 11 is 0. The number of ether oxygens (including phenoxy) is 1. The van der Waals surface area contributed by atoms with E-state index >= 15 is 0 Å². The molecule has 3 heterocycles. The van der Waals surface area contributed by atoms with E-state index in [1.165, 1.54) is 39.5 Å². The van der Waals surface area contributed by atoms with Gasteiger partial charge in [-0.25, -0.2) is 9.37 Å². The number of rotatable bonds is 7. The number of halogens is 1. The van der Waals surface area contributed by atoms with Crippen molar-refractivity contribution in [1.82, 2.24) is 14.5 Å². The Labute approximate surface area is 352 Å². The lowest BCUT2D eigenvalue weighted by Crippen LogP contribution is -2.16. The molecule has 4 nitrogen and oxygen atoms in total. The maximum absolute atomic E-state index is 14.5. The lowest BCUT2D eigenvalue weighted by molar-refractivity contribution is 0.413. The first-order valence-electron chi connectivity index (χ1n) is 20.5. The van der Waals surface area contributed by atoms with Crippen molar-refractivity contribution >= 4 is 21.8 Å². The number of nitrogens with zero attached hydrogens (tertiary/aromatic N) is 3. The standard InChI is InChI=1S/C55H48FN3O/c1-54(2,3)40-28-38(29-41(33-40)55(4,5)6)39-31-49(58-50(32-39)47-24-23-42(56)34-52(47)60-7)37-16-13-15-36(27-37)48-30-35(25-26-57-48)44-20-14-21-46-45-19-11-12-22-51(45)59(53(44)46)43-17-9-8-10-18-43/h8-34H,1-7H3. The van der Waals surface area contributed by atoms with E-state index in [1.807, 2.05) is 6.20 Å². The Morgan fingerprint density at radius 3 is 1.87 bits per heavy atom. The summed E-state index contributed by atoms with van der Waals surface area (Å²) in [6, 6.07) is 54.3. The van der Waals surface area contributed by atoms with Crippen molar-refractivity contribution in [3.8, 4) is 67.5 Å². The third-order valence-electron chi connectivity index (χ3n) is 11.5. The van der Waals surface area contributed by atoms with Crippen LogP contribution < -0.4 is 4.74 Å². The Hall–Kier alpha value is -6.85. The molecule has 3 aromatic heterocycles. The molecule has 0 aliphatic rings. The van der Waals surface area contributed by atoms with Crippen LogP contribution in [0.1, 0.15) is 52.7 Å². The molecule has 0 N–H and O–H groups in total. The topological polar surface area (TPSA) is 39.9 Å². The lowest BCUT2D eigenvalue weighted by Gasteiger charge is -2.26. The molecular weight excluding hydrogens is 738 g/mol. The monoisotopic (exact) mass is 785 g/mol. The van der Waals surface area contributed by atoms with Crippen molar-refractivity contribution in [3.05, 3.63) is 181 Å². The zero-order valence-electron chi connectivity index (χ0n) is 35.2. The molecule has 0 bridgehead atoms. The van der Waals surface area contributed by atoms with Gasteiger partial charge in [0, 0.05) is 51.0 Å². The van der Waals surface area contributed by atoms with Gasteiger partial charge < -0.3 is 9.30 Å². The molecule has 0 radical (unpaired) electrons. The van der Waals surface area contributed by atoms with Crippen molar-refractivity contribution < 1.29 is 9.13 Å². The minimum atomic E-state index is -0.361. The van der Waals surface area contributed by atoms with Gasteiger partial charge in [-0.05, 0) is 99.3 Å². The lowest BCUT2D eigenvalue weighted by atomic mass is 9.79. The van der Waals surface area contributed by atoms with Gasteiger partial charge in [-0.1, -0.05) is 133 Å². The molecule has 9 rings (SSSR count). The SMILES string of the molecule is COc1cc(F)ccc1-c1cc(-c2cc(C(C)(C)C)cc(C(C)(C)C)c2)cc(-c2cccc(-c3cc(-c4cccc5c6ccccc6n(-c6ccccc6)c45)ccn3)c2)n1. The predicted molar refractivity (Wildman–Crippen MR) is 247 cm³/mol. The maximum Gasteiger partial charge on any atom is 0.131 e. The highest BCUT2D eigenvalue weighted by molar-refractivity contribution is 6.13. The van der Waals surface area contributed by atoms with Gasteiger partial charge in [0.05, 0.1) is 35.2 Å². The normalized spacial score (nSPS) is 12.0. The number of aromatic nitrogens is 3. The fourth-order valence-corrected chi connectivity index (χ4v) is 8.21. The summed E-state index contributed by atoms with van der Waals surface area (Å²) < 4.78 is 22.6. The molecule has 0 saturated heterocycles. The first-order valence-corrected chi connectivity index (χ1v) is 20.5. The van der Waals surface area contributed by atoms with Crippen LogP contribution in [0.25, 0.3) is 83.5 Å². The van der Waals surface area contributed by atoms with Gasteiger partial charge in [0.15, 0.2) is 0 Å². The molecule has 60 heavy (non-hydrogen) atoms. The number of para-hydroxylation sites is 3. The molecule has 6 aromatic carbocycles. The van der Waals surface area contributed by atoms with Gasteiger partial charge in [-0.15, -0.1) is 0 Å². The Bertz CT molecular complexity index is 3030. The van der Waals surface area contributed by atoms with E-state index in [1.54, 1.807) is 13.2 Å². The smallest absolute Gasteiger partial charge is 0.131 e. The van der Waals surface area contributed by atoms with Crippen molar-refractivity contribution in [2.45, 2.75) is 52.4 Å². The van der Waals surface area contributed by atoms with Crippen LogP contribution in [0.2, 0.25) is 0 Å². The number of hydrogen-bond acceptors (Lipinski definition) is 3. The van der Waals surface area contributed by atoms with Crippen LogP contribution in [0.5, 0.6) is 5.75 Å². The fraction of sp³-hybridized carbons (Fsp3) is 0.164. The predicted octanol–water partition coefficient (Wildman–Crippen LogP) is 14.7. The molecule has 296 valence electrons. The molecule has 0 atom stereocenters. The third-order valence-corrected chi connectivity index (χ3v) is 11.5. The molecule has 0 aliphatic heterocycles. The van der Waals surface area contributed by atoms with E-state index in [4.69, 9.17) is 14.7 Å². The highest BCUT2D eigenvalue weighted by atomic mass is 19.1. The zero-order chi connectivity index (χ0) is 41.8. The quantitative estimate of drug-likeness (QED) is 0.162. The second-order valence-corrected chi connectivity index (χ2v) is 17.7. The average Bonchev–Trinajstić information content (AvgIpc) is 3.60. The van der Waals surface area contributed by atoms with E-state index in [0.717, 1.165) is 61.5 Å². The Balaban J connectivity index is 1.20. The Morgan fingerprint density at radius 1 is 0.500 bits per heavy atom. The van der Waals surface area contributed by atoms with Gasteiger partial charge in [-0.3, -0.25) is 4.98 Å². The van der Waals surface area contributed by atoms with Gasteiger partial charge in [-0.2, -0.15) is 0 Å². The Morgan fingerprint density at radius 2 is 1.13 bits per heavy atom. The molecule has 0 saturated carbocycles. The minimum absolute atomic E-state index is 0.0611. The molecule has 0 aliphatic carbocycles. The van der Waals surface area contributed by atoms with Gasteiger partial charge in [0.1, 0.15) is 11.6 Å². The highest BCUT2D eigenvalue weighted by Gasteiger charge is 2.23.